The van der Waals surface area contributed by atoms with Gasteiger partial charge < -0.3 is 15.0 Å². The molecule has 2 aliphatic rings. The molecule has 0 saturated heterocycles. The first kappa shape index (κ1) is 25.8. The van der Waals surface area contributed by atoms with Crippen LogP contribution in [0.3, 0.4) is 0 Å². The molecule has 0 fully saturated rings. The van der Waals surface area contributed by atoms with Gasteiger partial charge in [0.05, 0.1) is 35.4 Å². The van der Waals surface area contributed by atoms with E-state index in [1.807, 2.05) is 48.0 Å². The second kappa shape index (κ2) is 10.3. The lowest BCUT2D eigenvalue weighted by Gasteiger charge is -2.40. The largest absolute Gasteiger partial charge is 0.494 e. The summed E-state index contributed by atoms with van der Waals surface area (Å²) in [6, 6.07) is 33.1. The number of aliphatic imine (C=N–C) groups is 2. The van der Waals surface area contributed by atoms with Gasteiger partial charge in [-0.25, -0.2) is 14.7 Å². The summed E-state index contributed by atoms with van der Waals surface area (Å²) >= 11 is 0. The van der Waals surface area contributed by atoms with Crippen molar-refractivity contribution in [1.82, 2.24) is 9.78 Å². The quantitative estimate of drug-likeness (QED) is 0.240. The zero-order valence-electron chi connectivity index (χ0n) is 24.2. The maximum absolute atomic E-state index is 5.79. The molecular weight excluding hydrogens is 520 g/mol. The molecule has 0 saturated carbocycles. The lowest BCUT2D eigenvalue weighted by molar-refractivity contribution is 0.340. The molecule has 0 spiro atoms. The molecule has 5 aromatic rings. The first-order valence-electron chi connectivity index (χ1n) is 14.3. The van der Waals surface area contributed by atoms with Gasteiger partial charge in [-0.1, -0.05) is 48.5 Å². The van der Waals surface area contributed by atoms with Crippen LogP contribution in [-0.2, 0) is 0 Å². The van der Waals surface area contributed by atoms with Crippen molar-refractivity contribution in [1.29, 1.82) is 0 Å². The molecule has 0 radical (unpaired) electrons. The Hall–Kier alpha value is -5.17. The van der Waals surface area contributed by atoms with Crippen molar-refractivity contribution < 1.29 is 4.74 Å². The van der Waals surface area contributed by atoms with Gasteiger partial charge in [0.2, 0.25) is 0 Å². The van der Waals surface area contributed by atoms with E-state index in [0.29, 0.717) is 12.4 Å². The second-order valence-electron chi connectivity index (χ2n) is 10.7. The van der Waals surface area contributed by atoms with E-state index in [1.54, 1.807) is 0 Å². The SMILES string of the molecule is CCOc1ccc(C2c3c(C)nn(-c4ccccc4)c3N=C3C(Nc4cc(C)cc(C)c4)=Nc4ccccc4N32)cc1. The summed E-state index contributed by atoms with van der Waals surface area (Å²) in [6.07, 6.45) is 0. The number of hydrogen-bond donors (Lipinski definition) is 1. The van der Waals surface area contributed by atoms with E-state index in [2.05, 4.69) is 91.7 Å². The van der Waals surface area contributed by atoms with Crippen LogP contribution < -0.4 is 15.0 Å². The number of amidine groups is 2. The Morgan fingerprint density at radius 3 is 2.26 bits per heavy atom. The molecule has 2 aliphatic heterocycles. The van der Waals surface area contributed by atoms with Crippen LogP contribution in [0.15, 0.2) is 107 Å². The van der Waals surface area contributed by atoms with Gasteiger partial charge in [-0.05, 0) is 92.9 Å². The molecule has 7 heteroatoms. The van der Waals surface area contributed by atoms with Crippen LogP contribution in [0.4, 0.5) is 22.9 Å². The van der Waals surface area contributed by atoms with Crippen LogP contribution in [0.1, 0.15) is 40.9 Å². The third-order valence-corrected chi connectivity index (χ3v) is 7.63. The van der Waals surface area contributed by atoms with Crippen LogP contribution >= 0.6 is 0 Å². The topological polar surface area (TPSA) is 67.0 Å². The average molecular weight is 553 g/mol. The van der Waals surface area contributed by atoms with E-state index in [1.165, 1.54) is 11.1 Å². The molecule has 3 heterocycles. The van der Waals surface area contributed by atoms with Gasteiger partial charge in [0.25, 0.3) is 0 Å². The number of nitrogens with zero attached hydrogens (tertiary/aromatic N) is 5. The van der Waals surface area contributed by atoms with Crippen LogP contribution in [0.25, 0.3) is 5.69 Å². The normalized spacial score (nSPS) is 15.2. The molecule has 7 nitrogen and oxygen atoms in total. The fourth-order valence-corrected chi connectivity index (χ4v) is 5.96. The molecule has 208 valence electrons. The maximum Gasteiger partial charge on any atom is 0.179 e. The predicted molar refractivity (Wildman–Crippen MR) is 170 cm³/mol. The summed E-state index contributed by atoms with van der Waals surface area (Å²) in [7, 11) is 0. The highest BCUT2D eigenvalue weighted by Gasteiger charge is 2.41. The summed E-state index contributed by atoms with van der Waals surface area (Å²) in [5.41, 5.74) is 9.30. The average Bonchev–Trinajstić information content (AvgIpc) is 3.32. The van der Waals surface area contributed by atoms with Crippen molar-refractivity contribution in [2.45, 2.75) is 33.7 Å². The number of para-hydroxylation sites is 3. The van der Waals surface area contributed by atoms with E-state index < -0.39 is 0 Å². The molecule has 1 aromatic heterocycles. The van der Waals surface area contributed by atoms with Crippen molar-refractivity contribution in [2.24, 2.45) is 9.98 Å². The molecule has 7 rings (SSSR count). The minimum atomic E-state index is -0.187. The number of ether oxygens (including phenoxy) is 1. The minimum Gasteiger partial charge on any atom is -0.494 e. The first-order valence-corrected chi connectivity index (χ1v) is 14.3. The highest BCUT2D eigenvalue weighted by molar-refractivity contribution is 6.51. The monoisotopic (exact) mass is 552 g/mol. The van der Waals surface area contributed by atoms with Gasteiger partial charge in [0, 0.05) is 11.3 Å². The third kappa shape index (κ3) is 4.43. The van der Waals surface area contributed by atoms with Crippen molar-refractivity contribution in [3.63, 3.8) is 0 Å². The molecule has 0 amide bonds. The van der Waals surface area contributed by atoms with Crippen molar-refractivity contribution >= 4 is 34.6 Å². The minimum absolute atomic E-state index is 0.187. The van der Waals surface area contributed by atoms with E-state index in [9.17, 15) is 0 Å². The number of hydrogen-bond acceptors (Lipinski definition) is 6. The van der Waals surface area contributed by atoms with Crippen LogP contribution in [0.2, 0.25) is 0 Å². The molecule has 42 heavy (non-hydrogen) atoms. The Morgan fingerprint density at radius 1 is 0.810 bits per heavy atom. The number of fused-ring (bicyclic) bond motifs is 4. The van der Waals surface area contributed by atoms with E-state index in [-0.39, 0.29) is 6.04 Å². The van der Waals surface area contributed by atoms with E-state index >= 15 is 0 Å². The number of aromatic nitrogens is 2. The van der Waals surface area contributed by atoms with E-state index in [0.717, 1.165) is 57.0 Å². The van der Waals surface area contributed by atoms with Gasteiger partial charge in [0.15, 0.2) is 17.5 Å². The van der Waals surface area contributed by atoms with Crippen LogP contribution in [0.5, 0.6) is 5.75 Å². The number of aryl methyl sites for hydroxylation is 3. The summed E-state index contributed by atoms with van der Waals surface area (Å²) in [5.74, 6) is 3.09. The van der Waals surface area contributed by atoms with Crippen molar-refractivity contribution in [2.75, 3.05) is 16.8 Å². The summed E-state index contributed by atoms with van der Waals surface area (Å²) in [6.45, 7) is 8.90. The van der Waals surface area contributed by atoms with Gasteiger partial charge in [-0.15, -0.1) is 0 Å². The Morgan fingerprint density at radius 2 is 1.52 bits per heavy atom. The summed E-state index contributed by atoms with van der Waals surface area (Å²) in [5, 5.41) is 8.65. The zero-order chi connectivity index (χ0) is 28.8. The molecular formula is C35H32N6O. The highest BCUT2D eigenvalue weighted by Crippen LogP contribution is 2.48. The molecule has 4 aromatic carbocycles. The smallest absolute Gasteiger partial charge is 0.179 e. The first-order chi connectivity index (χ1) is 20.5. The summed E-state index contributed by atoms with van der Waals surface area (Å²) < 4.78 is 7.74. The molecule has 1 N–H and O–H groups in total. The fourth-order valence-electron chi connectivity index (χ4n) is 5.96. The van der Waals surface area contributed by atoms with Gasteiger partial charge in [-0.3, -0.25) is 0 Å². The standard InChI is InChI=1S/C35H32N6O/c1-5-42-28-17-15-25(16-18-28)32-31-24(4)39-41(27-11-7-6-8-12-27)34(31)38-35-33(36-26-20-22(2)19-23(3)21-26)37-29-13-9-10-14-30(29)40(32)35/h6-21,32H,5H2,1-4H3,(H,36,37). The lowest BCUT2D eigenvalue weighted by Crippen LogP contribution is -2.46. The van der Waals surface area contributed by atoms with Gasteiger partial charge >= 0.3 is 0 Å². The third-order valence-electron chi connectivity index (χ3n) is 7.63. The molecule has 0 bridgehead atoms. The van der Waals surface area contributed by atoms with E-state index in [4.69, 9.17) is 19.8 Å². The van der Waals surface area contributed by atoms with Crippen LogP contribution in [-0.4, -0.2) is 28.1 Å². The highest BCUT2D eigenvalue weighted by atomic mass is 16.5. The molecule has 1 unspecified atom stereocenters. The summed E-state index contributed by atoms with van der Waals surface area (Å²) in [4.78, 5) is 12.8. The number of rotatable bonds is 5. The van der Waals surface area contributed by atoms with Gasteiger partial charge in [0.1, 0.15) is 5.75 Å². The number of nitrogens with one attached hydrogen (secondary N) is 1. The molecule has 1 atom stereocenters. The number of benzene rings is 4. The predicted octanol–water partition coefficient (Wildman–Crippen LogP) is 7.99. The Labute approximate surface area is 245 Å². The fraction of sp³-hybridized carbons (Fsp3) is 0.171. The second-order valence-corrected chi connectivity index (χ2v) is 10.7. The van der Waals surface area contributed by atoms with Crippen molar-refractivity contribution in [3.05, 3.63) is 125 Å². The lowest BCUT2D eigenvalue weighted by atomic mass is 9.93. The Kier molecular flexibility index (Phi) is 6.35. The van der Waals surface area contributed by atoms with Crippen molar-refractivity contribution in [3.8, 4) is 11.4 Å². The number of anilines is 2. The van der Waals surface area contributed by atoms with Crippen LogP contribution in [0, 0.1) is 20.8 Å². The maximum atomic E-state index is 5.79. The molecule has 0 aliphatic carbocycles. The Bertz CT molecular complexity index is 1830. The van der Waals surface area contributed by atoms with Gasteiger partial charge in [-0.2, -0.15) is 5.10 Å². The Balaban J connectivity index is 1.47. The zero-order valence-corrected chi connectivity index (χ0v) is 24.2.